The summed E-state index contributed by atoms with van der Waals surface area (Å²) in [6.07, 6.45) is 0. The van der Waals surface area contributed by atoms with E-state index in [-0.39, 0.29) is 5.91 Å². The maximum Gasteiger partial charge on any atom is 0.350 e. The number of benzene rings is 2. The Morgan fingerprint density at radius 2 is 1.67 bits per heavy atom. The second-order valence-corrected chi connectivity index (χ2v) is 8.56. The molecule has 172 valence electrons. The maximum atomic E-state index is 12.5. The highest BCUT2D eigenvalue weighted by molar-refractivity contribution is 7.17. The smallest absolute Gasteiger partial charge is 0.350 e. The molecular formula is C24H24ClN3O4S. The zero-order valence-corrected chi connectivity index (χ0v) is 20.1. The summed E-state index contributed by atoms with van der Waals surface area (Å²) in [5, 5.41) is 3.94. The van der Waals surface area contributed by atoms with E-state index in [1.54, 1.807) is 48.2 Å². The second-order valence-electron chi connectivity index (χ2n) is 7.12. The number of nitrogens with one attached hydrogen (secondary N) is 1. The summed E-state index contributed by atoms with van der Waals surface area (Å²) in [4.78, 5) is 43.5. The lowest BCUT2D eigenvalue weighted by molar-refractivity contribution is -0.119. The molecule has 1 aromatic heterocycles. The average Bonchev–Trinajstić information content (AvgIpc) is 3.20. The summed E-state index contributed by atoms with van der Waals surface area (Å²) in [6.45, 7) is 6.37. The molecule has 0 radical (unpaired) electrons. The van der Waals surface area contributed by atoms with Crippen LogP contribution >= 0.6 is 22.9 Å². The van der Waals surface area contributed by atoms with Crippen LogP contribution in [0, 0.1) is 6.92 Å². The molecule has 1 heterocycles. The van der Waals surface area contributed by atoms with Gasteiger partial charge in [-0.3, -0.25) is 9.59 Å². The van der Waals surface area contributed by atoms with E-state index in [2.05, 4.69) is 10.3 Å². The number of carbonyl (C=O) groups excluding carboxylic acids is 3. The van der Waals surface area contributed by atoms with Crippen LogP contribution in [0.5, 0.6) is 0 Å². The van der Waals surface area contributed by atoms with Gasteiger partial charge in [-0.1, -0.05) is 23.7 Å². The van der Waals surface area contributed by atoms with Crippen LogP contribution in [0.2, 0.25) is 5.02 Å². The van der Waals surface area contributed by atoms with Crippen molar-refractivity contribution in [1.29, 1.82) is 0 Å². The van der Waals surface area contributed by atoms with Gasteiger partial charge >= 0.3 is 5.97 Å². The Balaban J connectivity index is 1.56. The van der Waals surface area contributed by atoms with E-state index in [1.165, 1.54) is 11.3 Å². The molecule has 3 rings (SSSR count). The van der Waals surface area contributed by atoms with E-state index in [9.17, 15) is 14.4 Å². The van der Waals surface area contributed by atoms with Gasteiger partial charge < -0.3 is 15.0 Å². The molecule has 2 amide bonds. The molecule has 0 aliphatic rings. The number of nitrogens with zero attached hydrogens (tertiary/aromatic N) is 2. The molecule has 0 unspecified atom stereocenters. The third-order valence-corrected chi connectivity index (χ3v) is 6.31. The number of ether oxygens (including phenoxy) is 1. The Bertz CT molecular complexity index is 1140. The predicted molar refractivity (Wildman–Crippen MR) is 130 cm³/mol. The van der Waals surface area contributed by atoms with Crippen molar-refractivity contribution in [2.45, 2.75) is 20.8 Å². The highest BCUT2D eigenvalue weighted by Crippen LogP contribution is 2.29. The van der Waals surface area contributed by atoms with E-state index in [1.807, 2.05) is 26.0 Å². The van der Waals surface area contributed by atoms with Crippen LogP contribution in [-0.4, -0.2) is 47.4 Å². The van der Waals surface area contributed by atoms with Gasteiger partial charge in [0.15, 0.2) is 6.61 Å². The van der Waals surface area contributed by atoms with E-state index in [4.69, 9.17) is 16.3 Å². The third-order valence-electron chi connectivity index (χ3n) is 4.87. The fourth-order valence-corrected chi connectivity index (χ4v) is 4.18. The van der Waals surface area contributed by atoms with E-state index >= 15 is 0 Å². The zero-order valence-electron chi connectivity index (χ0n) is 18.6. The van der Waals surface area contributed by atoms with Gasteiger partial charge in [-0.2, -0.15) is 0 Å². The molecule has 0 bridgehead atoms. The SMILES string of the molecule is CCN(CC)C(=O)c1ccc(NC(=O)COC(=O)c2sc(-c3ccc(Cl)cc3)nc2C)cc1. The maximum absolute atomic E-state index is 12.5. The fourth-order valence-electron chi connectivity index (χ4n) is 3.08. The van der Waals surface area contributed by atoms with Gasteiger partial charge in [0.25, 0.3) is 11.8 Å². The number of carbonyl (C=O) groups is 3. The first kappa shape index (κ1) is 24.4. The molecule has 0 spiro atoms. The normalized spacial score (nSPS) is 10.5. The van der Waals surface area contributed by atoms with Gasteiger partial charge in [0.2, 0.25) is 0 Å². The third kappa shape index (κ3) is 6.18. The van der Waals surface area contributed by atoms with Crippen LogP contribution < -0.4 is 5.32 Å². The molecule has 2 aromatic carbocycles. The van der Waals surface area contributed by atoms with Crippen molar-refractivity contribution in [2.75, 3.05) is 25.0 Å². The molecule has 33 heavy (non-hydrogen) atoms. The quantitative estimate of drug-likeness (QED) is 0.451. The van der Waals surface area contributed by atoms with Crippen LogP contribution in [0.4, 0.5) is 5.69 Å². The van der Waals surface area contributed by atoms with E-state index < -0.39 is 18.5 Å². The first-order valence-corrected chi connectivity index (χ1v) is 11.6. The van der Waals surface area contributed by atoms with Crippen LogP contribution in [-0.2, 0) is 9.53 Å². The topological polar surface area (TPSA) is 88.6 Å². The number of aromatic nitrogens is 1. The number of aryl methyl sites for hydroxylation is 1. The van der Waals surface area contributed by atoms with Crippen molar-refractivity contribution in [3.8, 4) is 10.6 Å². The van der Waals surface area contributed by atoms with Crippen molar-refractivity contribution in [3.63, 3.8) is 0 Å². The molecule has 0 aliphatic carbocycles. The van der Waals surface area contributed by atoms with Crippen molar-refractivity contribution in [1.82, 2.24) is 9.88 Å². The van der Waals surface area contributed by atoms with Crippen LogP contribution in [0.3, 0.4) is 0 Å². The largest absolute Gasteiger partial charge is 0.451 e. The molecule has 1 N–H and O–H groups in total. The second kappa shape index (κ2) is 11.1. The monoisotopic (exact) mass is 485 g/mol. The van der Waals surface area contributed by atoms with Gasteiger partial charge in [-0.15, -0.1) is 11.3 Å². The zero-order chi connectivity index (χ0) is 24.0. The number of hydrogen-bond donors (Lipinski definition) is 1. The van der Waals surface area contributed by atoms with Crippen molar-refractivity contribution in [3.05, 3.63) is 69.7 Å². The summed E-state index contributed by atoms with van der Waals surface area (Å²) < 4.78 is 5.17. The van der Waals surface area contributed by atoms with Crippen LogP contribution in [0.25, 0.3) is 10.6 Å². The fraction of sp³-hybridized carbons (Fsp3) is 0.250. The number of rotatable bonds is 8. The van der Waals surface area contributed by atoms with Crippen molar-refractivity contribution in [2.24, 2.45) is 0 Å². The lowest BCUT2D eigenvalue weighted by Gasteiger charge is -2.18. The number of anilines is 1. The molecule has 9 heteroatoms. The Hall–Kier alpha value is -3.23. The predicted octanol–water partition coefficient (Wildman–Crippen LogP) is 5.05. The number of halogens is 1. The molecule has 0 fully saturated rings. The summed E-state index contributed by atoms with van der Waals surface area (Å²) in [5.41, 5.74) is 2.42. The molecule has 0 saturated heterocycles. The average molecular weight is 486 g/mol. The highest BCUT2D eigenvalue weighted by atomic mass is 35.5. The van der Waals surface area contributed by atoms with Crippen LogP contribution in [0.15, 0.2) is 48.5 Å². The minimum atomic E-state index is -0.611. The van der Waals surface area contributed by atoms with Gasteiger partial charge in [-0.25, -0.2) is 9.78 Å². The standard InChI is InChI=1S/C24H24ClN3O4S/c1-4-28(5-2)23(30)17-8-12-19(13-9-17)27-20(29)14-32-24(31)21-15(3)26-22(33-21)16-6-10-18(25)11-7-16/h6-13H,4-5,14H2,1-3H3,(H,27,29). The summed E-state index contributed by atoms with van der Waals surface area (Å²) >= 11 is 7.11. The minimum Gasteiger partial charge on any atom is -0.451 e. The van der Waals surface area contributed by atoms with Crippen LogP contribution in [0.1, 0.15) is 39.6 Å². The lowest BCUT2D eigenvalue weighted by atomic mass is 10.2. The van der Waals surface area contributed by atoms with Crippen molar-refractivity contribution < 1.29 is 19.1 Å². The van der Waals surface area contributed by atoms with E-state index in [0.717, 1.165) is 5.56 Å². The molecule has 0 saturated carbocycles. The van der Waals surface area contributed by atoms with Gasteiger partial charge in [0, 0.05) is 34.9 Å². The number of thiazole rings is 1. The Morgan fingerprint density at radius 3 is 2.27 bits per heavy atom. The first-order chi connectivity index (χ1) is 15.8. The van der Waals surface area contributed by atoms with Crippen molar-refractivity contribution >= 4 is 46.4 Å². The van der Waals surface area contributed by atoms with Gasteiger partial charge in [-0.05, 0) is 57.2 Å². The molecule has 0 atom stereocenters. The Kier molecular flexibility index (Phi) is 8.19. The molecule has 7 nitrogen and oxygen atoms in total. The molecule has 0 aliphatic heterocycles. The summed E-state index contributed by atoms with van der Waals surface area (Å²) in [7, 11) is 0. The first-order valence-electron chi connectivity index (χ1n) is 10.4. The highest BCUT2D eigenvalue weighted by Gasteiger charge is 2.19. The van der Waals surface area contributed by atoms with E-state index in [0.29, 0.717) is 44.9 Å². The molecular weight excluding hydrogens is 462 g/mol. The Labute approximate surface area is 201 Å². The minimum absolute atomic E-state index is 0.0651. The number of amides is 2. The number of hydrogen-bond acceptors (Lipinski definition) is 6. The number of esters is 1. The Morgan fingerprint density at radius 1 is 1.03 bits per heavy atom. The molecule has 3 aromatic rings. The van der Waals surface area contributed by atoms with Gasteiger partial charge in [0.1, 0.15) is 9.88 Å². The van der Waals surface area contributed by atoms with Gasteiger partial charge in [0.05, 0.1) is 5.69 Å². The lowest BCUT2D eigenvalue weighted by Crippen LogP contribution is -2.30. The summed E-state index contributed by atoms with van der Waals surface area (Å²) in [5.74, 6) is -1.16. The summed E-state index contributed by atoms with van der Waals surface area (Å²) in [6, 6.07) is 13.7.